The molecule has 1 aliphatic rings. The smallest absolute Gasteiger partial charge is 0.306 e. The molecule has 2 N–H and O–H groups in total. The van der Waals surface area contributed by atoms with Crippen molar-refractivity contribution in [3.05, 3.63) is 36.9 Å². The first kappa shape index (κ1) is 15.1. The zero-order valence-corrected chi connectivity index (χ0v) is 11.7. The van der Waals surface area contributed by atoms with Gasteiger partial charge in [-0.15, -0.1) is 0 Å². The lowest BCUT2D eigenvalue weighted by atomic mass is 10.0. The summed E-state index contributed by atoms with van der Waals surface area (Å²) in [6, 6.07) is 7.12. The average Bonchev–Trinajstić information content (AvgIpc) is 2.95. The van der Waals surface area contributed by atoms with E-state index >= 15 is 0 Å². The fourth-order valence-electron chi connectivity index (χ4n) is 2.51. The van der Waals surface area contributed by atoms with Gasteiger partial charge in [0.2, 0.25) is 5.91 Å². The van der Waals surface area contributed by atoms with E-state index in [-0.39, 0.29) is 11.8 Å². The number of carbonyl (C=O) groups excluding carboxylic acids is 1. The summed E-state index contributed by atoms with van der Waals surface area (Å²) in [6.07, 6.45) is 3.25. The maximum Gasteiger partial charge on any atom is 0.306 e. The number of ether oxygens (including phenoxy) is 1. The summed E-state index contributed by atoms with van der Waals surface area (Å²) in [5.41, 5.74) is 0.653. The molecule has 2 atom stereocenters. The van der Waals surface area contributed by atoms with Crippen molar-refractivity contribution in [1.29, 1.82) is 0 Å². The van der Waals surface area contributed by atoms with Gasteiger partial charge in [0.1, 0.15) is 12.4 Å². The van der Waals surface area contributed by atoms with Gasteiger partial charge in [0.25, 0.3) is 0 Å². The maximum absolute atomic E-state index is 12.1. The van der Waals surface area contributed by atoms with E-state index in [1.807, 2.05) is 0 Å². The first-order valence-electron chi connectivity index (χ1n) is 6.97. The van der Waals surface area contributed by atoms with E-state index in [1.54, 1.807) is 30.3 Å². The molecule has 0 unspecified atom stereocenters. The number of hydrogen-bond donors (Lipinski definition) is 2. The molecule has 0 spiro atoms. The molecule has 1 aromatic rings. The van der Waals surface area contributed by atoms with E-state index in [1.165, 1.54) is 0 Å². The summed E-state index contributed by atoms with van der Waals surface area (Å²) >= 11 is 0. The molecule has 5 heteroatoms. The van der Waals surface area contributed by atoms with Crippen LogP contribution in [0.2, 0.25) is 0 Å². The van der Waals surface area contributed by atoms with E-state index in [0.29, 0.717) is 37.3 Å². The maximum atomic E-state index is 12.1. The van der Waals surface area contributed by atoms with Crippen LogP contribution >= 0.6 is 0 Å². The minimum Gasteiger partial charge on any atom is -0.489 e. The molecule has 0 bridgehead atoms. The molecule has 112 valence electrons. The number of anilines is 1. The highest BCUT2D eigenvalue weighted by Crippen LogP contribution is 2.32. The second kappa shape index (κ2) is 6.92. The Kier molecular flexibility index (Phi) is 4.98. The third kappa shape index (κ3) is 4.08. The Morgan fingerprint density at radius 2 is 2.14 bits per heavy atom. The van der Waals surface area contributed by atoms with Crippen molar-refractivity contribution in [2.45, 2.75) is 19.3 Å². The van der Waals surface area contributed by atoms with Crippen LogP contribution < -0.4 is 10.1 Å². The van der Waals surface area contributed by atoms with E-state index in [2.05, 4.69) is 11.9 Å². The van der Waals surface area contributed by atoms with Crippen LogP contribution in [0, 0.1) is 11.8 Å². The van der Waals surface area contributed by atoms with Crippen molar-refractivity contribution in [1.82, 2.24) is 0 Å². The molecule has 1 aromatic carbocycles. The fraction of sp³-hybridized carbons (Fsp3) is 0.375. The Morgan fingerprint density at radius 3 is 2.81 bits per heavy atom. The topological polar surface area (TPSA) is 75.6 Å². The van der Waals surface area contributed by atoms with Crippen molar-refractivity contribution in [3.8, 4) is 5.75 Å². The van der Waals surface area contributed by atoms with Crippen LogP contribution in [-0.4, -0.2) is 23.6 Å². The number of carboxylic acid groups (broad SMARTS) is 1. The van der Waals surface area contributed by atoms with Gasteiger partial charge in [-0.3, -0.25) is 9.59 Å². The highest BCUT2D eigenvalue weighted by atomic mass is 16.5. The first-order valence-corrected chi connectivity index (χ1v) is 6.97. The number of amides is 1. The molecule has 0 aliphatic heterocycles. The third-order valence-corrected chi connectivity index (χ3v) is 3.62. The SMILES string of the molecule is C=CCOc1cccc(NC(=O)[C@H]2CC[C@@H](C(=O)O)C2)c1. The molecule has 2 rings (SSSR count). The van der Waals surface area contributed by atoms with Crippen molar-refractivity contribution in [3.63, 3.8) is 0 Å². The summed E-state index contributed by atoms with van der Waals surface area (Å²) in [5, 5.41) is 11.8. The Balaban J connectivity index is 1.93. The molecule has 1 aliphatic carbocycles. The Labute approximate surface area is 123 Å². The van der Waals surface area contributed by atoms with Crippen molar-refractivity contribution in [2.24, 2.45) is 11.8 Å². The summed E-state index contributed by atoms with van der Waals surface area (Å²) < 4.78 is 5.40. The normalized spacial score (nSPS) is 20.8. The molecule has 21 heavy (non-hydrogen) atoms. The predicted molar refractivity (Wildman–Crippen MR) is 79.2 cm³/mol. The van der Waals surface area contributed by atoms with Crippen LogP contribution in [0.5, 0.6) is 5.75 Å². The number of benzene rings is 1. The molecule has 0 heterocycles. The minimum absolute atomic E-state index is 0.125. The van der Waals surface area contributed by atoms with Crippen molar-refractivity contribution in [2.75, 3.05) is 11.9 Å². The molecule has 1 saturated carbocycles. The molecule has 0 saturated heterocycles. The quantitative estimate of drug-likeness (QED) is 0.789. The van der Waals surface area contributed by atoms with Crippen LogP contribution in [0.1, 0.15) is 19.3 Å². The molecular weight excluding hydrogens is 270 g/mol. The number of nitrogens with one attached hydrogen (secondary N) is 1. The van der Waals surface area contributed by atoms with Gasteiger partial charge < -0.3 is 15.2 Å². The Morgan fingerprint density at radius 1 is 1.38 bits per heavy atom. The van der Waals surface area contributed by atoms with Crippen molar-refractivity contribution < 1.29 is 19.4 Å². The summed E-state index contributed by atoms with van der Waals surface area (Å²) in [4.78, 5) is 23.1. The lowest BCUT2D eigenvalue weighted by Crippen LogP contribution is -2.21. The third-order valence-electron chi connectivity index (χ3n) is 3.62. The summed E-state index contributed by atoms with van der Waals surface area (Å²) in [6.45, 7) is 3.98. The van der Waals surface area contributed by atoms with E-state index in [9.17, 15) is 9.59 Å². The zero-order valence-electron chi connectivity index (χ0n) is 11.7. The van der Waals surface area contributed by atoms with Gasteiger partial charge in [-0.25, -0.2) is 0 Å². The second-order valence-corrected chi connectivity index (χ2v) is 5.16. The standard InChI is InChI=1S/C16H19NO4/c1-2-8-21-14-5-3-4-13(10-14)17-15(18)11-6-7-12(9-11)16(19)20/h2-5,10-12H,1,6-9H2,(H,17,18)(H,19,20)/t11-,12+/m0/s1. The van der Waals surface area contributed by atoms with Gasteiger partial charge >= 0.3 is 5.97 Å². The largest absolute Gasteiger partial charge is 0.489 e. The number of carbonyl (C=O) groups is 2. The monoisotopic (exact) mass is 289 g/mol. The van der Waals surface area contributed by atoms with Gasteiger partial charge in [0, 0.05) is 17.7 Å². The van der Waals surface area contributed by atoms with Crippen molar-refractivity contribution >= 4 is 17.6 Å². The number of carboxylic acids is 1. The van der Waals surface area contributed by atoms with E-state index in [4.69, 9.17) is 9.84 Å². The molecule has 0 radical (unpaired) electrons. The van der Waals surface area contributed by atoms with Gasteiger partial charge in [-0.1, -0.05) is 18.7 Å². The fourth-order valence-corrected chi connectivity index (χ4v) is 2.51. The number of aliphatic carboxylic acids is 1. The molecule has 5 nitrogen and oxygen atoms in total. The molecular formula is C16H19NO4. The van der Waals surface area contributed by atoms with Crippen LogP contribution in [-0.2, 0) is 9.59 Å². The highest BCUT2D eigenvalue weighted by Gasteiger charge is 2.33. The van der Waals surface area contributed by atoms with Crippen LogP contribution in [0.25, 0.3) is 0 Å². The zero-order chi connectivity index (χ0) is 15.2. The van der Waals surface area contributed by atoms with E-state index < -0.39 is 11.9 Å². The predicted octanol–water partition coefficient (Wildman–Crippen LogP) is 2.69. The van der Waals surface area contributed by atoms with Gasteiger partial charge in [0.15, 0.2) is 0 Å². The highest BCUT2D eigenvalue weighted by molar-refractivity contribution is 5.93. The summed E-state index contributed by atoms with van der Waals surface area (Å²) in [7, 11) is 0. The minimum atomic E-state index is -0.815. The number of hydrogen-bond acceptors (Lipinski definition) is 3. The van der Waals surface area contributed by atoms with Gasteiger partial charge in [0.05, 0.1) is 5.92 Å². The molecule has 1 amide bonds. The van der Waals surface area contributed by atoms with Crippen LogP contribution in [0.3, 0.4) is 0 Å². The van der Waals surface area contributed by atoms with Gasteiger partial charge in [-0.05, 0) is 31.4 Å². The number of rotatable bonds is 6. The Bertz CT molecular complexity index is 541. The second-order valence-electron chi connectivity index (χ2n) is 5.16. The Hall–Kier alpha value is -2.30. The van der Waals surface area contributed by atoms with Crippen LogP contribution in [0.15, 0.2) is 36.9 Å². The molecule has 0 aromatic heterocycles. The average molecular weight is 289 g/mol. The van der Waals surface area contributed by atoms with Crippen LogP contribution in [0.4, 0.5) is 5.69 Å². The van der Waals surface area contributed by atoms with E-state index in [0.717, 1.165) is 0 Å². The molecule has 1 fully saturated rings. The summed E-state index contributed by atoms with van der Waals surface area (Å²) in [5.74, 6) is -0.917. The lowest BCUT2D eigenvalue weighted by molar-refractivity contribution is -0.141. The first-order chi connectivity index (χ1) is 10.1. The lowest BCUT2D eigenvalue weighted by Gasteiger charge is -2.12. The van der Waals surface area contributed by atoms with Gasteiger partial charge in [-0.2, -0.15) is 0 Å².